The number of nitrogens with zero attached hydrogens (tertiary/aromatic N) is 3. The van der Waals surface area contributed by atoms with Gasteiger partial charge in [0.25, 0.3) is 5.91 Å². The molecular weight excluding hydrogens is 238 g/mol. The minimum atomic E-state index is -0.465. The molecule has 98 valence electrons. The normalized spacial score (nSPS) is 13.4. The van der Waals surface area contributed by atoms with E-state index < -0.39 is 5.97 Å². The van der Waals surface area contributed by atoms with Crippen molar-refractivity contribution in [2.45, 2.75) is 13.0 Å². The van der Waals surface area contributed by atoms with Gasteiger partial charge < -0.3 is 14.4 Å². The Kier molecular flexibility index (Phi) is 3.50. The molecule has 0 unspecified atom stereocenters. The molecule has 1 aliphatic rings. The van der Waals surface area contributed by atoms with Gasteiger partial charge in [-0.05, 0) is 0 Å². The largest absolute Gasteiger partial charge is 0.477 e. The van der Waals surface area contributed by atoms with Crippen LogP contribution in [0.5, 0.6) is 5.88 Å². The van der Waals surface area contributed by atoms with Crippen molar-refractivity contribution in [2.75, 3.05) is 27.3 Å². The molecule has 0 saturated carbocycles. The van der Waals surface area contributed by atoms with Gasteiger partial charge in [-0.25, -0.2) is 4.68 Å². The first-order valence-electron chi connectivity index (χ1n) is 5.64. The zero-order valence-electron chi connectivity index (χ0n) is 10.4. The summed E-state index contributed by atoms with van der Waals surface area (Å²) in [5, 5.41) is 4.09. The number of aryl methyl sites for hydroxylation is 1. The predicted molar refractivity (Wildman–Crippen MR) is 61.3 cm³/mol. The minimum absolute atomic E-state index is 0.0973. The van der Waals surface area contributed by atoms with Crippen LogP contribution in [-0.4, -0.2) is 53.9 Å². The van der Waals surface area contributed by atoms with E-state index in [0.29, 0.717) is 18.1 Å². The fourth-order valence-corrected chi connectivity index (χ4v) is 1.75. The number of carbonyl (C=O) groups is 2. The average Bonchev–Trinajstić information content (AvgIpc) is 2.81. The number of hydrogen-bond acceptors (Lipinski definition) is 5. The van der Waals surface area contributed by atoms with Crippen molar-refractivity contribution in [1.29, 1.82) is 0 Å². The van der Waals surface area contributed by atoms with E-state index in [-0.39, 0.29) is 12.5 Å². The summed E-state index contributed by atoms with van der Waals surface area (Å²) in [6.45, 7) is 1.22. The second-order valence-electron chi connectivity index (χ2n) is 4.03. The van der Waals surface area contributed by atoms with Gasteiger partial charge in [-0.2, -0.15) is 5.10 Å². The SMILES string of the molecule is COC(=O)CN(C)C(=O)c1cnn2c1OCCC2. The van der Waals surface area contributed by atoms with Crippen LogP contribution in [0.1, 0.15) is 16.8 Å². The maximum Gasteiger partial charge on any atom is 0.325 e. The second-order valence-corrected chi connectivity index (χ2v) is 4.03. The fourth-order valence-electron chi connectivity index (χ4n) is 1.75. The van der Waals surface area contributed by atoms with Crippen LogP contribution in [0.25, 0.3) is 0 Å². The molecule has 1 aromatic heterocycles. The van der Waals surface area contributed by atoms with Crippen molar-refractivity contribution in [3.8, 4) is 5.88 Å². The maximum absolute atomic E-state index is 12.1. The van der Waals surface area contributed by atoms with Crippen LogP contribution in [0, 0.1) is 0 Å². The fraction of sp³-hybridized carbons (Fsp3) is 0.545. The van der Waals surface area contributed by atoms with Crippen LogP contribution >= 0.6 is 0 Å². The highest BCUT2D eigenvalue weighted by molar-refractivity contribution is 5.97. The van der Waals surface area contributed by atoms with Crippen LogP contribution in [-0.2, 0) is 16.1 Å². The molecule has 1 aromatic rings. The molecule has 1 aliphatic heterocycles. The number of ether oxygens (including phenoxy) is 2. The molecular formula is C11H15N3O4. The second kappa shape index (κ2) is 5.07. The first kappa shape index (κ1) is 12.4. The molecule has 0 bridgehead atoms. The van der Waals surface area contributed by atoms with Crippen molar-refractivity contribution in [3.05, 3.63) is 11.8 Å². The lowest BCUT2D eigenvalue weighted by Gasteiger charge is -2.18. The summed E-state index contributed by atoms with van der Waals surface area (Å²) in [5.74, 6) is -0.292. The maximum atomic E-state index is 12.1. The molecule has 7 heteroatoms. The molecule has 7 nitrogen and oxygen atoms in total. The summed E-state index contributed by atoms with van der Waals surface area (Å²) in [5.41, 5.74) is 0.376. The number of likely N-dealkylation sites (N-methyl/N-ethyl adjacent to an activating group) is 1. The van der Waals surface area contributed by atoms with Crippen molar-refractivity contribution in [1.82, 2.24) is 14.7 Å². The van der Waals surface area contributed by atoms with E-state index in [4.69, 9.17) is 4.74 Å². The highest BCUT2D eigenvalue weighted by atomic mass is 16.5. The molecule has 0 aliphatic carbocycles. The first-order valence-corrected chi connectivity index (χ1v) is 5.64. The van der Waals surface area contributed by atoms with Gasteiger partial charge in [-0.15, -0.1) is 0 Å². The number of esters is 1. The van der Waals surface area contributed by atoms with Gasteiger partial charge in [-0.1, -0.05) is 0 Å². The van der Waals surface area contributed by atoms with E-state index in [1.54, 1.807) is 4.68 Å². The summed E-state index contributed by atoms with van der Waals surface area (Å²) in [7, 11) is 2.82. The molecule has 0 aromatic carbocycles. The standard InChI is InChI=1S/C11H15N3O4/c1-13(7-9(15)17-2)10(16)8-6-12-14-4-3-5-18-11(8)14/h6H,3-5,7H2,1-2H3. The van der Waals surface area contributed by atoms with Gasteiger partial charge >= 0.3 is 5.97 Å². The number of aromatic nitrogens is 2. The van der Waals surface area contributed by atoms with Gasteiger partial charge in [0.1, 0.15) is 12.1 Å². The molecule has 2 rings (SSSR count). The minimum Gasteiger partial charge on any atom is -0.477 e. The van der Waals surface area contributed by atoms with Gasteiger partial charge in [0.05, 0.1) is 19.9 Å². The quantitative estimate of drug-likeness (QED) is 0.704. The Bertz CT molecular complexity index is 469. The van der Waals surface area contributed by atoms with E-state index in [2.05, 4.69) is 9.84 Å². The number of hydrogen-bond donors (Lipinski definition) is 0. The summed E-state index contributed by atoms with van der Waals surface area (Å²) in [6, 6.07) is 0. The smallest absolute Gasteiger partial charge is 0.325 e. The molecule has 2 heterocycles. The van der Waals surface area contributed by atoms with Gasteiger partial charge in [0.2, 0.25) is 5.88 Å². The lowest BCUT2D eigenvalue weighted by molar-refractivity contribution is -0.141. The molecule has 0 saturated heterocycles. The number of amides is 1. The zero-order valence-corrected chi connectivity index (χ0v) is 10.4. The number of methoxy groups -OCH3 is 1. The molecule has 0 radical (unpaired) electrons. The van der Waals surface area contributed by atoms with Crippen LogP contribution in [0.4, 0.5) is 0 Å². The first-order chi connectivity index (χ1) is 8.63. The summed E-state index contributed by atoms with van der Waals surface area (Å²) >= 11 is 0. The third kappa shape index (κ3) is 2.29. The van der Waals surface area contributed by atoms with E-state index in [1.807, 2.05) is 0 Å². The topological polar surface area (TPSA) is 73.7 Å². The van der Waals surface area contributed by atoms with Crippen LogP contribution in [0.2, 0.25) is 0 Å². The van der Waals surface area contributed by atoms with E-state index in [9.17, 15) is 9.59 Å². The number of rotatable bonds is 3. The van der Waals surface area contributed by atoms with Crippen molar-refractivity contribution in [3.63, 3.8) is 0 Å². The molecule has 1 amide bonds. The Morgan fingerprint density at radius 2 is 2.39 bits per heavy atom. The van der Waals surface area contributed by atoms with Crippen LogP contribution in [0.3, 0.4) is 0 Å². The summed E-state index contributed by atoms with van der Waals surface area (Å²) in [6.07, 6.45) is 2.34. The molecule has 18 heavy (non-hydrogen) atoms. The van der Waals surface area contributed by atoms with Gasteiger partial charge in [0, 0.05) is 20.0 Å². The van der Waals surface area contributed by atoms with Crippen molar-refractivity contribution in [2.24, 2.45) is 0 Å². The van der Waals surface area contributed by atoms with Gasteiger partial charge in [-0.3, -0.25) is 9.59 Å². The molecule has 0 atom stereocenters. The molecule has 0 fully saturated rings. The lowest BCUT2D eigenvalue weighted by Crippen LogP contribution is -2.33. The highest BCUT2D eigenvalue weighted by Gasteiger charge is 2.24. The van der Waals surface area contributed by atoms with Crippen LogP contribution < -0.4 is 4.74 Å². The third-order valence-electron chi connectivity index (χ3n) is 2.72. The Hall–Kier alpha value is -2.05. The van der Waals surface area contributed by atoms with E-state index in [1.165, 1.54) is 25.3 Å². The molecule has 0 spiro atoms. The van der Waals surface area contributed by atoms with E-state index in [0.717, 1.165) is 13.0 Å². The number of carbonyl (C=O) groups excluding carboxylic acids is 2. The lowest BCUT2D eigenvalue weighted by atomic mass is 10.3. The zero-order chi connectivity index (χ0) is 13.1. The summed E-state index contributed by atoms with van der Waals surface area (Å²) in [4.78, 5) is 24.5. The van der Waals surface area contributed by atoms with Crippen molar-refractivity contribution < 1.29 is 19.1 Å². The monoisotopic (exact) mass is 253 g/mol. The average molecular weight is 253 g/mol. The van der Waals surface area contributed by atoms with Crippen LogP contribution in [0.15, 0.2) is 6.20 Å². The van der Waals surface area contributed by atoms with E-state index >= 15 is 0 Å². The predicted octanol–water partition coefficient (Wildman–Crippen LogP) is -0.0894. The summed E-state index contributed by atoms with van der Waals surface area (Å²) < 4.78 is 11.6. The highest BCUT2D eigenvalue weighted by Crippen LogP contribution is 2.23. The Morgan fingerprint density at radius 3 is 3.11 bits per heavy atom. The van der Waals surface area contributed by atoms with Gasteiger partial charge in [0.15, 0.2) is 0 Å². The number of fused-ring (bicyclic) bond motifs is 1. The molecule has 0 N–H and O–H groups in total. The Balaban J connectivity index is 2.13. The Morgan fingerprint density at radius 1 is 1.61 bits per heavy atom. The third-order valence-corrected chi connectivity index (χ3v) is 2.72. The van der Waals surface area contributed by atoms with Crippen molar-refractivity contribution >= 4 is 11.9 Å². The Labute approximate surface area is 104 Å².